The number of fused-ring (bicyclic) bond motifs is 8. The number of anilines is 1. The maximum absolute atomic E-state index is 14.4. The molecule has 39 heavy (non-hydrogen) atoms. The smallest absolute Gasteiger partial charge is 0.271 e. The number of nitro groups is 1. The van der Waals surface area contributed by atoms with Crippen molar-refractivity contribution in [2.24, 2.45) is 17.8 Å². The van der Waals surface area contributed by atoms with E-state index in [-0.39, 0.29) is 22.9 Å². The van der Waals surface area contributed by atoms with Gasteiger partial charge in [-0.1, -0.05) is 50.2 Å². The summed E-state index contributed by atoms with van der Waals surface area (Å²) in [4.78, 5) is 59.1. The highest BCUT2D eigenvalue weighted by atomic mass is 16.6. The molecule has 1 spiro atoms. The molecule has 0 saturated carbocycles. The number of hydrogen-bond donors (Lipinski definition) is 1. The summed E-state index contributed by atoms with van der Waals surface area (Å²) >= 11 is 0. The Morgan fingerprint density at radius 2 is 1.72 bits per heavy atom. The topological polar surface area (TPSA) is 127 Å². The summed E-state index contributed by atoms with van der Waals surface area (Å²) < 4.78 is 1.55. The first-order valence-corrected chi connectivity index (χ1v) is 12.8. The molecular formula is C29H23N5O5. The van der Waals surface area contributed by atoms with E-state index in [1.165, 1.54) is 24.3 Å². The van der Waals surface area contributed by atoms with Crippen LogP contribution in [0.4, 0.5) is 11.4 Å². The van der Waals surface area contributed by atoms with Crippen LogP contribution in [0, 0.1) is 27.9 Å². The number of carbonyl (C=O) groups excluding carboxylic acids is 2. The summed E-state index contributed by atoms with van der Waals surface area (Å²) in [5.41, 5.74) is 0.251. The number of para-hydroxylation sites is 2. The van der Waals surface area contributed by atoms with Crippen molar-refractivity contribution >= 4 is 34.1 Å². The van der Waals surface area contributed by atoms with E-state index < -0.39 is 40.2 Å². The zero-order chi connectivity index (χ0) is 27.2. The molecule has 2 saturated heterocycles. The molecule has 3 aromatic carbocycles. The Labute approximate surface area is 222 Å². The lowest BCUT2D eigenvalue weighted by atomic mass is 9.75. The van der Waals surface area contributed by atoms with Gasteiger partial charge in [0.2, 0.25) is 11.8 Å². The molecule has 0 bridgehead atoms. The summed E-state index contributed by atoms with van der Waals surface area (Å²) in [5.74, 6) is -2.27. The van der Waals surface area contributed by atoms with Gasteiger partial charge in [-0.05, 0) is 30.2 Å². The first kappa shape index (κ1) is 23.4. The van der Waals surface area contributed by atoms with Crippen LogP contribution in [0.3, 0.4) is 0 Å². The van der Waals surface area contributed by atoms with Crippen LogP contribution in [0.5, 0.6) is 0 Å². The Hall–Kier alpha value is -4.70. The number of benzene rings is 3. The van der Waals surface area contributed by atoms with Crippen molar-refractivity contribution in [3.63, 3.8) is 0 Å². The van der Waals surface area contributed by atoms with Crippen molar-refractivity contribution in [1.29, 1.82) is 0 Å². The second kappa shape index (κ2) is 7.90. The van der Waals surface area contributed by atoms with Crippen LogP contribution in [0.2, 0.25) is 0 Å². The van der Waals surface area contributed by atoms with E-state index in [9.17, 15) is 24.5 Å². The van der Waals surface area contributed by atoms with Crippen molar-refractivity contribution in [3.05, 3.63) is 105 Å². The van der Waals surface area contributed by atoms with Gasteiger partial charge >= 0.3 is 0 Å². The highest BCUT2D eigenvalue weighted by Crippen LogP contribution is 2.56. The Balaban J connectivity index is 1.51. The molecule has 4 aromatic rings. The standard InChI is InChI=1S/C29H23N5O5/c1-15(2)24-22-23(27(37)32(26(22)36)16-8-7-9-17(14-16)34(38)39)29(31-24)19-11-4-6-13-21(19)33-25(35)18-10-3-5-12-20(18)30-28(29)33/h3-15,22-24,31H,1-2H3/t22-,23-,24-,29-/m1/s1. The number of nitrogens with zero attached hydrogens (tertiary/aromatic N) is 4. The summed E-state index contributed by atoms with van der Waals surface area (Å²) in [5, 5.41) is 15.5. The minimum absolute atomic E-state index is 0.0490. The fourth-order valence-corrected chi connectivity index (χ4v) is 6.72. The first-order valence-electron chi connectivity index (χ1n) is 12.8. The largest absolute Gasteiger partial charge is 0.296 e. The number of non-ortho nitro benzene ring substituents is 1. The Bertz CT molecular complexity index is 1810. The average Bonchev–Trinajstić information content (AvgIpc) is 3.52. The Morgan fingerprint density at radius 1 is 0.974 bits per heavy atom. The molecule has 0 aliphatic carbocycles. The number of carbonyl (C=O) groups is 2. The van der Waals surface area contributed by atoms with Gasteiger partial charge in [-0.2, -0.15) is 0 Å². The predicted molar refractivity (Wildman–Crippen MR) is 142 cm³/mol. The van der Waals surface area contributed by atoms with Crippen molar-refractivity contribution in [1.82, 2.24) is 14.9 Å². The molecule has 2 fully saturated rings. The van der Waals surface area contributed by atoms with Crippen molar-refractivity contribution < 1.29 is 14.5 Å². The number of rotatable bonds is 3. The minimum atomic E-state index is -1.25. The van der Waals surface area contributed by atoms with Gasteiger partial charge in [0, 0.05) is 23.7 Å². The lowest BCUT2D eigenvalue weighted by molar-refractivity contribution is -0.384. The zero-order valence-corrected chi connectivity index (χ0v) is 21.1. The number of imide groups is 1. The van der Waals surface area contributed by atoms with Gasteiger partial charge in [0.25, 0.3) is 11.2 Å². The monoisotopic (exact) mass is 521 g/mol. The van der Waals surface area contributed by atoms with Gasteiger partial charge in [-0.25, -0.2) is 9.88 Å². The second-order valence-corrected chi connectivity index (χ2v) is 10.6. The van der Waals surface area contributed by atoms with Crippen LogP contribution in [-0.2, 0) is 15.1 Å². The minimum Gasteiger partial charge on any atom is -0.296 e. The Morgan fingerprint density at radius 3 is 2.49 bits per heavy atom. The summed E-state index contributed by atoms with van der Waals surface area (Å²) in [6.07, 6.45) is 0. The number of aromatic nitrogens is 2. The van der Waals surface area contributed by atoms with Gasteiger partial charge in [-0.3, -0.25) is 34.4 Å². The second-order valence-electron chi connectivity index (χ2n) is 10.6. The summed E-state index contributed by atoms with van der Waals surface area (Å²) in [6.45, 7) is 3.95. The molecule has 2 amide bonds. The maximum Gasteiger partial charge on any atom is 0.271 e. The molecule has 4 heterocycles. The third-order valence-corrected chi connectivity index (χ3v) is 8.31. The summed E-state index contributed by atoms with van der Waals surface area (Å²) in [7, 11) is 0. The van der Waals surface area contributed by atoms with Crippen LogP contribution in [0.25, 0.3) is 16.6 Å². The SMILES string of the molecule is CC(C)[C@H]1N[C@]2(c3ccccc3-n3c2nc2ccccc2c3=O)[C@H]2C(=O)N(c3cccc([N+](=O)[O-])c3)C(=O)[C@@H]12. The molecule has 1 N–H and O–H groups in total. The van der Waals surface area contributed by atoms with Gasteiger partial charge in [0.15, 0.2) is 0 Å². The van der Waals surface area contributed by atoms with Crippen LogP contribution in [0.1, 0.15) is 25.2 Å². The molecule has 0 unspecified atom stereocenters. The molecule has 1 aromatic heterocycles. The molecule has 0 radical (unpaired) electrons. The number of hydrogen-bond acceptors (Lipinski definition) is 7. The quantitative estimate of drug-likeness (QED) is 0.249. The van der Waals surface area contributed by atoms with Crippen LogP contribution in [-0.4, -0.2) is 32.3 Å². The van der Waals surface area contributed by atoms with Crippen LogP contribution < -0.4 is 15.8 Å². The fraction of sp³-hybridized carbons (Fsp3) is 0.241. The molecule has 4 atom stereocenters. The van der Waals surface area contributed by atoms with Crippen molar-refractivity contribution in [2.45, 2.75) is 25.4 Å². The highest BCUT2D eigenvalue weighted by Gasteiger charge is 2.70. The lowest BCUT2D eigenvalue weighted by Crippen LogP contribution is -2.51. The summed E-state index contributed by atoms with van der Waals surface area (Å²) in [6, 6.07) is 19.6. The van der Waals surface area contributed by atoms with Crippen LogP contribution in [0.15, 0.2) is 77.6 Å². The van der Waals surface area contributed by atoms with Gasteiger partial charge in [0.1, 0.15) is 11.4 Å². The zero-order valence-electron chi connectivity index (χ0n) is 21.1. The van der Waals surface area contributed by atoms with E-state index in [0.717, 1.165) is 4.90 Å². The maximum atomic E-state index is 14.4. The average molecular weight is 522 g/mol. The normalized spacial score (nSPS) is 25.0. The number of amides is 2. The molecule has 3 aliphatic rings. The van der Waals surface area contributed by atoms with Crippen molar-refractivity contribution in [2.75, 3.05) is 4.90 Å². The van der Waals surface area contributed by atoms with E-state index >= 15 is 0 Å². The third kappa shape index (κ3) is 2.89. The fourth-order valence-electron chi connectivity index (χ4n) is 6.72. The molecule has 7 rings (SSSR count). The van der Waals surface area contributed by atoms with Gasteiger partial charge in [-0.15, -0.1) is 0 Å². The highest BCUT2D eigenvalue weighted by molar-refractivity contribution is 6.23. The van der Waals surface area contributed by atoms with Crippen LogP contribution >= 0.6 is 0 Å². The van der Waals surface area contributed by atoms with Gasteiger partial charge in [0.05, 0.1) is 39.0 Å². The van der Waals surface area contributed by atoms with E-state index in [4.69, 9.17) is 4.98 Å². The molecular weight excluding hydrogens is 498 g/mol. The molecule has 194 valence electrons. The van der Waals surface area contributed by atoms with E-state index in [1.807, 2.05) is 38.1 Å². The third-order valence-electron chi connectivity index (χ3n) is 8.31. The van der Waals surface area contributed by atoms with E-state index in [2.05, 4.69) is 5.32 Å². The molecule has 10 nitrogen and oxygen atoms in total. The molecule has 3 aliphatic heterocycles. The number of nitro benzene ring substituents is 1. The number of nitrogens with one attached hydrogen (secondary N) is 1. The lowest BCUT2D eigenvalue weighted by Gasteiger charge is -2.32. The predicted octanol–water partition coefficient (Wildman–Crippen LogP) is 3.28. The first-order chi connectivity index (χ1) is 18.8. The van der Waals surface area contributed by atoms with Crippen molar-refractivity contribution in [3.8, 4) is 5.69 Å². The Kier molecular flexibility index (Phi) is 4.75. The van der Waals surface area contributed by atoms with Gasteiger partial charge < -0.3 is 0 Å². The van der Waals surface area contributed by atoms with E-state index in [1.54, 1.807) is 28.8 Å². The molecule has 10 heteroatoms. The van der Waals surface area contributed by atoms with E-state index in [0.29, 0.717) is 28.0 Å².